The normalized spacial score (nSPS) is 18.2. The van der Waals surface area contributed by atoms with Gasteiger partial charge in [0.15, 0.2) is 5.76 Å². The van der Waals surface area contributed by atoms with Crippen molar-refractivity contribution in [1.29, 1.82) is 0 Å². The maximum absolute atomic E-state index is 12.7. The number of benzene rings is 1. The zero-order chi connectivity index (χ0) is 14.8. The molecule has 1 saturated heterocycles. The number of aryl methyl sites for hydroxylation is 1. The highest BCUT2D eigenvalue weighted by Gasteiger charge is 2.31. The number of carbonyl (C=O) groups excluding carboxylic acids is 1. The van der Waals surface area contributed by atoms with Crippen LogP contribution in [0.5, 0.6) is 0 Å². The average molecular weight is 286 g/mol. The number of hydrogen-bond donors (Lipinski definition) is 1. The predicted octanol–water partition coefficient (Wildman–Crippen LogP) is 2.25. The molecule has 1 atom stereocenters. The lowest BCUT2D eigenvalue weighted by Crippen LogP contribution is -2.37. The maximum Gasteiger partial charge on any atom is 0.259 e. The molecule has 2 heterocycles. The van der Waals surface area contributed by atoms with Crippen molar-refractivity contribution >= 4 is 5.91 Å². The van der Waals surface area contributed by atoms with Crippen LogP contribution < -0.4 is 0 Å². The smallest absolute Gasteiger partial charge is 0.259 e. The van der Waals surface area contributed by atoms with Gasteiger partial charge >= 0.3 is 0 Å². The Morgan fingerprint density at radius 2 is 2.19 bits per heavy atom. The third-order valence-corrected chi connectivity index (χ3v) is 3.96. The highest BCUT2D eigenvalue weighted by molar-refractivity contribution is 5.99. The summed E-state index contributed by atoms with van der Waals surface area (Å²) in [5, 5.41) is 13.1. The molecule has 21 heavy (non-hydrogen) atoms. The first-order valence-corrected chi connectivity index (χ1v) is 7.14. The van der Waals surface area contributed by atoms with E-state index in [1.807, 2.05) is 31.2 Å². The van der Waals surface area contributed by atoms with Crippen molar-refractivity contribution in [2.24, 2.45) is 0 Å². The summed E-state index contributed by atoms with van der Waals surface area (Å²) in [6.07, 6.45) is 3.22. The molecule has 1 fully saturated rings. The quantitative estimate of drug-likeness (QED) is 0.939. The Morgan fingerprint density at radius 1 is 1.43 bits per heavy atom. The van der Waals surface area contributed by atoms with E-state index in [1.54, 1.807) is 4.90 Å². The molecular weight excluding hydrogens is 268 g/mol. The topological polar surface area (TPSA) is 66.6 Å². The number of amides is 1. The Hall–Kier alpha value is -2.14. The molecule has 5 heteroatoms. The van der Waals surface area contributed by atoms with E-state index in [2.05, 4.69) is 5.16 Å². The monoisotopic (exact) mass is 286 g/mol. The highest BCUT2D eigenvalue weighted by Crippen LogP contribution is 2.27. The number of aromatic nitrogens is 1. The fraction of sp³-hybridized carbons (Fsp3) is 0.375. The van der Waals surface area contributed by atoms with Gasteiger partial charge in [0.1, 0.15) is 5.56 Å². The average Bonchev–Trinajstić information content (AvgIpc) is 3.16. The van der Waals surface area contributed by atoms with Gasteiger partial charge in [0.05, 0.1) is 18.8 Å². The van der Waals surface area contributed by atoms with Crippen LogP contribution in [0.3, 0.4) is 0 Å². The van der Waals surface area contributed by atoms with Crippen molar-refractivity contribution in [2.75, 3.05) is 13.2 Å². The van der Waals surface area contributed by atoms with Gasteiger partial charge in [0.2, 0.25) is 0 Å². The van der Waals surface area contributed by atoms with Crippen LogP contribution in [-0.2, 0) is 0 Å². The van der Waals surface area contributed by atoms with Crippen LogP contribution in [0.15, 0.2) is 35.0 Å². The Balaban J connectivity index is 1.91. The second-order valence-electron chi connectivity index (χ2n) is 5.41. The summed E-state index contributed by atoms with van der Waals surface area (Å²) in [6.45, 7) is 2.67. The van der Waals surface area contributed by atoms with Gasteiger partial charge in [-0.15, -0.1) is 0 Å². The number of likely N-dealkylation sites (tertiary alicyclic amines) is 1. The Kier molecular flexibility index (Phi) is 3.75. The molecule has 0 spiro atoms. The number of hydrogen-bond acceptors (Lipinski definition) is 4. The second-order valence-corrected chi connectivity index (χ2v) is 5.41. The fourth-order valence-corrected chi connectivity index (χ4v) is 2.75. The van der Waals surface area contributed by atoms with E-state index in [0.29, 0.717) is 17.9 Å². The molecule has 110 valence electrons. The number of carbonyl (C=O) groups is 1. The van der Waals surface area contributed by atoms with E-state index in [-0.39, 0.29) is 18.6 Å². The molecule has 0 unspecified atom stereocenters. The predicted molar refractivity (Wildman–Crippen MR) is 77.8 cm³/mol. The van der Waals surface area contributed by atoms with E-state index in [4.69, 9.17) is 4.52 Å². The van der Waals surface area contributed by atoms with Crippen LogP contribution in [0.1, 0.15) is 28.8 Å². The molecule has 1 amide bonds. The van der Waals surface area contributed by atoms with E-state index in [9.17, 15) is 9.90 Å². The summed E-state index contributed by atoms with van der Waals surface area (Å²) < 4.78 is 5.28. The summed E-state index contributed by atoms with van der Waals surface area (Å²) >= 11 is 0. The molecular formula is C16H18N2O3. The van der Waals surface area contributed by atoms with Crippen molar-refractivity contribution < 1.29 is 14.4 Å². The summed E-state index contributed by atoms with van der Waals surface area (Å²) in [5.74, 6) is 0.368. The van der Waals surface area contributed by atoms with E-state index in [0.717, 1.165) is 24.0 Å². The van der Waals surface area contributed by atoms with Crippen LogP contribution in [0, 0.1) is 6.92 Å². The molecule has 1 aromatic carbocycles. The molecule has 1 aliphatic heterocycles. The molecule has 1 N–H and O–H groups in total. The van der Waals surface area contributed by atoms with Gasteiger partial charge in [-0.25, -0.2) is 0 Å². The highest BCUT2D eigenvalue weighted by atomic mass is 16.5. The first-order valence-electron chi connectivity index (χ1n) is 7.14. The number of rotatable bonds is 3. The Morgan fingerprint density at radius 3 is 2.90 bits per heavy atom. The molecule has 2 aromatic rings. The first-order chi connectivity index (χ1) is 10.2. The molecule has 1 aromatic heterocycles. The summed E-state index contributed by atoms with van der Waals surface area (Å²) in [4.78, 5) is 14.4. The molecule has 0 saturated carbocycles. The van der Waals surface area contributed by atoms with Crippen LogP contribution in [-0.4, -0.2) is 40.3 Å². The largest absolute Gasteiger partial charge is 0.394 e. The minimum atomic E-state index is -0.122. The number of aliphatic hydroxyl groups excluding tert-OH is 1. The third-order valence-electron chi connectivity index (χ3n) is 3.96. The van der Waals surface area contributed by atoms with Gasteiger partial charge in [-0.2, -0.15) is 0 Å². The van der Waals surface area contributed by atoms with Gasteiger partial charge < -0.3 is 14.5 Å². The molecule has 0 bridgehead atoms. The van der Waals surface area contributed by atoms with Crippen molar-refractivity contribution in [3.8, 4) is 11.3 Å². The lowest BCUT2D eigenvalue weighted by atomic mass is 10.1. The van der Waals surface area contributed by atoms with Crippen LogP contribution in [0.4, 0.5) is 0 Å². The SMILES string of the molecule is Cc1ccc(-c2oncc2C(=O)N2CCC[C@H]2CO)cc1. The van der Waals surface area contributed by atoms with Gasteiger partial charge in [-0.1, -0.05) is 35.0 Å². The summed E-state index contributed by atoms with van der Waals surface area (Å²) in [7, 11) is 0. The van der Waals surface area contributed by atoms with E-state index < -0.39 is 0 Å². The molecule has 1 aliphatic rings. The first kappa shape index (κ1) is 13.8. The summed E-state index contributed by atoms with van der Waals surface area (Å²) in [5.41, 5.74) is 2.44. The summed E-state index contributed by atoms with van der Waals surface area (Å²) in [6, 6.07) is 7.68. The van der Waals surface area contributed by atoms with Crippen molar-refractivity contribution in [2.45, 2.75) is 25.8 Å². The van der Waals surface area contributed by atoms with Gasteiger partial charge in [0, 0.05) is 12.1 Å². The van der Waals surface area contributed by atoms with Gasteiger partial charge in [0.25, 0.3) is 5.91 Å². The van der Waals surface area contributed by atoms with E-state index in [1.165, 1.54) is 6.20 Å². The lowest BCUT2D eigenvalue weighted by Gasteiger charge is -2.22. The fourth-order valence-electron chi connectivity index (χ4n) is 2.75. The van der Waals surface area contributed by atoms with Crippen LogP contribution >= 0.6 is 0 Å². The van der Waals surface area contributed by atoms with Crippen molar-refractivity contribution in [3.63, 3.8) is 0 Å². The van der Waals surface area contributed by atoms with Crippen molar-refractivity contribution in [3.05, 3.63) is 41.6 Å². The maximum atomic E-state index is 12.7. The minimum absolute atomic E-state index is 0.00309. The van der Waals surface area contributed by atoms with Gasteiger partial charge in [-0.3, -0.25) is 4.79 Å². The standard InChI is InChI=1S/C16H18N2O3/c1-11-4-6-12(7-5-11)15-14(9-17-21-15)16(20)18-8-2-3-13(18)10-19/h4-7,9,13,19H,2-3,8,10H2,1H3/t13-/m0/s1. The van der Waals surface area contributed by atoms with Gasteiger partial charge in [-0.05, 0) is 19.8 Å². The van der Waals surface area contributed by atoms with Crippen LogP contribution in [0.2, 0.25) is 0 Å². The Bertz CT molecular complexity index is 633. The van der Waals surface area contributed by atoms with Crippen molar-refractivity contribution in [1.82, 2.24) is 10.1 Å². The lowest BCUT2D eigenvalue weighted by molar-refractivity contribution is 0.0678. The molecule has 0 radical (unpaired) electrons. The molecule has 0 aliphatic carbocycles. The van der Waals surface area contributed by atoms with E-state index >= 15 is 0 Å². The number of aliphatic hydroxyl groups is 1. The minimum Gasteiger partial charge on any atom is -0.394 e. The number of nitrogens with zero attached hydrogens (tertiary/aromatic N) is 2. The zero-order valence-electron chi connectivity index (χ0n) is 12.0. The van der Waals surface area contributed by atoms with Crippen LogP contribution in [0.25, 0.3) is 11.3 Å². The Labute approximate surface area is 123 Å². The second kappa shape index (κ2) is 5.69. The zero-order valence-corrected chi connectivity index (χ0v) is 12.0. The molecule has 5 nitrogen and oxygen atoms in total. The third kappa shape index (κ3) is 2.56. The molecule has 3 rings (SSSR count).